The van der Waals surface area contributed by atoms with Gasteiger partial charge in [0.1, 0.15) is 0 Å². The maximum atomic E-state index is 14.0. The van der Waals surface area contributed by atoms with Gasteiger partial charge in [-0.2, -0.15) is 13.1 Å². The number of nitrogen functional groups attached to an aromatic ring is 1. The number of benzene rings is 3. The predicted molar refractivity (Wildman–Crippen MR) is 199 cm³/mol. The number of halogens is 1. The molecule has 4 atom stereocenters. The van der Waals surface area contributed by atoms with Gasteiger partial charge < -0.3 is 21.7 Å². The molecule has 49 heavy (non-hydrogen) atoms. The van der Waals surface area contributed by atoms with E-state index in [9.17, 15) is 18.0 Å². The van der Waals surface area contributed by atoms with Crippen molar-refractivity contribution in [1.82, 2.24) is 25.7 Å². The molecule has 3 aromatic carbocycles. The lowest BCUT2D eigenvalue weighted by Gasteiger charge is -2.29. The second-order valence-corrected chi connectivity index (χ2v) is 15.7. The number of hydrogen-bond acceptors (Lipinski definition) is 8. The van der Waals surface area contributed by atoms with Gasteiger partial charge >= 0.3 is 10.2 Å². The number of carbonyl (C=O) groups is 2. The second-order valence-electron chi connectivity index (χ2n) is 12.3. The van der Waals surface area contributed by atoms with E-state index in [1.807, 2.05) is 60.8 Å². The molecule has 2 amide bonds. The molecule has 1 aliphatic heterocycles. The fourth-order valence-electron chi connectivity index (χ4n) is 5.65. The smallest absolute Gasteiger partial charge is 0.301 e. The van der Waals surface area contributed by atoms with Gasteiger partial charge in [0.25, 0.3) is 11.8 Å². The quantitative estimate of drug-likeness (QED) is 0.118. The first-order valence-corrected chi connectivity index (χ1v) is 19.3. The van der Waals surface area contributed by atoms with Crippen LogP contribution in [-0.4, -0.2) is 56.9 Å². The molecule has 6 N–H and O–H groups in total. The third-order valence-electron chi connectivity index (χ3n) is 8.73. The van der Waals surface area contributed by atoms with Crippen LogP contribution in [0.4, 0.5) is 11.4 Å². The Labute approximate surface area is 300 Å². The van der Waals surface area contributed by atoms with Crippen LogP contribution in [0.25, 0.3) is 0 Å². The van der Waals surface area contributed by atoms with Crippen LogP contribution in [0.15, 0.2) is 82.1 Å². The average Bonchev–Trinajstić information content (AvgIpc) is 3.60. The van der Waals surface area contributed by atoms with Crippen LogP contribution in [0.2, 0.25) is 0 Å². The molecule has 2 heterocycles. The number of rotatable bonds is 13. The Morgan fingerprint density at radius 3 is 2.27 bits per heavy atom. The van der Waals surface area contributed by atoms with E-state index in [2.05, 4.69) is 55.4 Å². The van der Waals surface area contributed by atoms with Gasteiger partial charge in [-0.15, -0.1) is 11.3 Å². The SMILES string of the molecule is CC(c1ccc(N)cc1)[C@H](C)NC[C@H](Cc1cscn1)NC(=O)c1cc(C(=O)N[C@H](C)c2ccc(Br)cc2)cc(N2CCCNS2(=O)=O)c1. The number of carbonyl (C=O) groups excluding carboxylic acids is 2. The van der Waals surface area contributed by atoms with Crippen molar-refractivity contribution < 1.29 is 18.0 Å². The molecule has 1 fully saturated rings. The zero-order valence-corrected chi connectivity index (χ0v) is 30.9. The minimum Gasteiger partial charge on any atom is -0.399 e. The van der Waals surface area contributed by atoms with Crippen LogP contribution in [0.3, 0.4) is 0 Å². The third kappa shape index (κ3) is 9.67. The van der Waals surface area contributed by atoms with Crippen LogP contribution in [0, 0.1) is 0 Å². The summed E-state index contributed by atoms with van der Waals surface area (Å²) < 4.78 is 30.7. The molecule has 0 radical (unpaired) electrons. The van der Waals surface area contributed by atoms with E-state index in [1.54, 1.807) is 5.51 Å². The number of nitrogens with two attached hydrogens (primary N) is 1. The molecule has 1 saturated heterocycles. The van der Waals surface area contributed by atoms with Crippen molar-refractivity contribution in [2.75, 3.05) is 29.7 Å². The van der Waals surface area contributed by atoms with E-state index in [-0.39, 0.29) is 47.4 Å². The molecular formula is C35H42BrN7O4S2. The van der Waals surface area contributed by atoms with E-state index in [4.69, 9.17) is 5.73 Å². The highest BCUT2D eigenvalue weighted by molar-refractivity contribution is 9.10. The Morgan fingerprint density at radius 1 is 0.980 bits per heavy atom. The summed E-state index contributed by atoms with van der Waals surface area (Å²) in [4.78, 5) is 32.0. The van der Waals surface area contributed by atoms with Gasteiger partial charge in [-0.25, -0.2) is 4.98 Å². The summed E-state index contributed by atoms with van der Waals surface area (Å²) in [6, 6.07) is 19.3. The maximum absolute atomic E-state index is 14.0. The summed E-state index contributed by atoms with van der Waals surface area (Å²) in [5.74, 6) is -0.686. The van der Waals surface area contributed by atoms with Gasteiger partial charge in [-0.3, -0.25) is 13.9 Å². The molecule has 0 spiro atoms. The van der Waals surface area contributed by atoms with E-state index in [1.165, 1.54) is 33.8 Å². The zero-order valence-electron chi connectivity index (χ0n) is 27.6. The first-order chi connectivity index (χ1) is 23.4. The molecule has 11 nitrogen and oxygen atoms in total. The minimum absolute atomic E-state index is 0.0709. The minimum atomic E-state index is -3.85. The number of aromatic nitrogens is 1. The molecule has 14 heteroatoms. The maximum Gasteiger partial charge on any atom is 0.301 e. The van der Waals surface area contributed by atoms with Crippen molar-refractivity contribution in [3.63, 3.8) is 0 Å². The molecular weight excluding hydrogens is 726 g/mol. The largest absolute Gasteiger partial charge is 0.399 e. The second kappa shape index (κ2) is 16.3. The van der Waals surface area contributed by atoms with Gasteiger partial charge in [0.2, 0.25) is 0 Å². The van der Waals surface area contributed by atoms with Crippen molar-refractivity contribution in [1.29, 1.82) is 0 Å². The Balaban J connectivity index is 1.39. The van der Waals surface area contributed by atoms with Crippen molar-refractivity contribution >= 4 is 60.7 Å². The monoisotopic (exact) mass is 767 g/mol. The predicted octanol–water partition coefficient (Wildman–Crippen LogP) is 5.15. The highest BCUT2D eigenvalue weighted by Gasteiger charge is 2.28. The summed E-state index contributed by atoms with van der Waals surface area (Å²) in [6.07, 6.45) is 1.06. The fraction of sp³-hybridized carbons (Fsp3) is 0.343. The lowest BCUT2D eigenvalue weighted by molar-refractivity contribution is 0.0935. The summed E-state index contributed by atoms with van der Waals surface area (Å²) in [7, 11) is -3.85. The number of thiazole rings is 1. The van der Waals surface area contributed by atoms with E-state index >= 15 is 0 Å². The highest BCUT2D eigenvalue weighted by Crippen LogP contribution is 2.26. The van der Waals surface area contributed by atoms with E-state index in [0.717, 1.165) is 21.3 Å². The number of nitrogens with one attached hydrogen (secondary N) is 4. The number of anilines is 2. The lowest BCUT2D eigenvalue weighted by atomic mass is 9.94. The first-order valence-electron chi connectivity index (χ1n) is 16.1. The molecule has 4 aromatic rings. The topological polar surface area (TPSA) is 159 Å². The van der Waals surface area contributed by atoms with Crippen molar-refractivity contribution in [2.45, 2.75) is 57.7 Å². The van der Waals surface area contributed by atoms with Gasteiger partial charge in [0, 0.05) is 64.8 Å². The average molecular weight is 769 g/mol. The van der Waals surface area contributed by atoms with Crippen LogP contribution in [-0.2, 0) is 16.6 Å². The van der Waals surface area contributed by atoms with Gasteiger partial charge in [0.05, 0.1) is 22.9 Å². The zero-order chi connectivity index (χ0) is 35.1. The van der Waals surface area contributed by atoms with Crippen LogP contribution in [0.5, 0.6) is 0 Å². The Kier molecular flexibility index (Phi) is 12.1. The van der Waals surface area contributed by atoms with Crippen LogP contribution >= 0.6 is 27.3 Å². The first kappa shape index (κ1) is 36.5. The van der Waals surface area contributed by atoms with Crippen molar-refractivity contribution in [3.8, 4) is 0 Å². The third-order valence-corrected chi connectivity index (χ3v) is 11.4. The van der Waals surface area contributed by atoms with Gasteiger partial charge in [-0.1, -0.05) is 47.1 Å². The lowest BCUT2D eigenvalue weighted by Crippen LogP contribution is -2.47. The molecule has 260 valence electrons. The van der Waals surface area contributed by atoms with Gasteiger partial charge in [-0.05, 0) is 79.8 Å². The Hall–Kier alpha value is -3.82. The molecule has 5 rings (SSSR count). The Morgan fingerprint density at radius 2 is 1.63 bits per heavy atom. The van der Waals surface area contributed by atoms with Crippen LogP contribution in [0.1, 0.15) is 76.7 Å². The highest BCUT2D eigenvalue weighted by atomic mass is 79.9. The standard InChI is InChI=1S/C35H42BrN7O4S2/c1-22(25-7-11-30(37)12-8-25)23(2)38-19-31(18-32-20-48-21-39-32)42-35(45)28-15-27(16-33(17-28)43-14-4-13-40-49(43,46)47)34(44)41-24(3)26-5-9-29(36)10-6-26/h5-12,15-17,20-24,31,38,40H,4,13-14,18-19,37H2,1-3H3,(H,41,44)(H,42,45)/t22?,23-,24+,31-/m0/s1. The van der Waals surface area contributed by atoms with E-state index in [0.29, 0.717) is 31.6 Å². The normalized spacial score (nSPS) is 16.7. The summed E-state index contributed by atoms with van der Waals surface area (Å²) in [5.41, 5.74) is 11.8. The molecule has 0 bridgehead atoms. The number of hydrogen-bond donors (Lipinski definition) is 5. The molecule has 0 saturated carbocycles. The summed E-state index contributed by atoms with van der Waals surface area (Å²) >= 11 is 4.91. The van der Waals surface area contributed by atoms with Crippen molar-refractivity contribution in [3.05, 3.63) is 110 Å². The molecule has 1 aliphatic rings. The summed E-state index contributed by atoms with van der Waals surface area (Å²) in [5, 5.41) is 11.6. The number of amides is 2. The molecule has 1 aromatic heterocycles. The fourth-order valence-corrected chi connectivity index (χ4v) is 7.79. The Bertz CT molecular complexity index is 1840. The van der Waals surface area contributed by atoms with Crippen LogP contribution < -0.4 is 30.7 Å². The molecule has 0 aliphatic carbocycles. The van der Waals surface area contributed by atoms with E-state index < -0.39 is 22.0 Å². The van der Waals surface area contributed by atoms with Gasteiger partial charge in [0.15, 0.2) is 0 Å². The number of nitrogens with zero attached hydrogens (tertiary/aromatic N) is 2. The summed E-state index contributed by atoms with van der Waals surface area (Å²) in [6.45, 7) is 7.08. The van der Waals surface area contributed by atoms with Crippen molar-refractivity contribution in [2.24, 2.45) is 0 Å². The molecule has 1 unspecified atom stereocenters.